The Balaban J connectivity index is 1.40. The number of carbonyl (C=O) groups excluding carboxylic acids is 1. The van der Waals surface area contributed by atoms with Crippen molar-refractivity contribution in [1.29, 1.82) is 0 Å². The van der Waals surface area contributed by atoms with Crippen LogP contribution in [0.3, 0.4) is 0 Å². The molecule has 1 aromatic heterocycles. The van der Waals surface area contributed by atoms with E-state index in [4.69, 9.17) is 0 Å². The third-order valence-electron chi connectivity index (χ3n) is 5.73. The summed E-state index contributed by atoms with van der Waals surface area (Å²) in [6.45, 7) is 1.57. The van der Waals surface area contributed by atoms with Crippen LogP contribution >= 0.6 is 0 Å². The predicted molar refractivity (Wildman–Crippen MR) is 98.0 cm³/mol. The lowest BCUT2D eigenvalue weighted by atomic mass is 9.95. The van der Waals surface area contributed by atoms with Gasteiger partial charge in [0.25, 0.3) is 0 Å². The van der Waals surface area contributed by atoms with E-state index in [2.05, 4.69) is 33.8 Å². The summed E-state index contributed by atoms with van der Waals surface area (Å²) < 4.78 is 2.33. The van der Waals surface area contributed by atoms with Crippen LogP contribution in [0.25, 0.3) is 0 Å². The van der Waals surface area contributed by atoms with Gasteiger partial charge in [0, 0.05) is 25.2 Å². The number of imidazole rings is 1. The van der Waals surface area contributed by atoms with Gasteiger partial charge in [-0.2, -0.15) is 0 Å². The van der Waals surface area contributed by atoms with Crippen molar-refractivity contribution in [2.75, 3.05) is 6.54 Å². The molecule has 0 spiro atoms. The minimum absolute atomic E-state index is 0.289. The van der Waals surface area contributed by atoms with Gasteiger partial charge in [-0.25, -0.2) is 4.98 Å². The summed E-state index contributed by atoms with van der Waals surface area (Å²) in [6.07, 6.45) is 12.0. The van der Waals surface area contributed by atoms with Gasteiger partial charge in [-0.1, -0.05) is 49.6 Å². The Morgan fingerprint density at radius 1 is 1.08 bits per heavy atom. The van der Waals surface area contributed by atoms with Gasteiger partial charge in [-0.15, -0.1) is 0 Å². The molecule has 4 nitrogen and oxygen atoms in total. The molecule has 0 N–H and O–H groups in total. The molecule has 0 bridgehead atoms. The Kier molecular flexibility index (Phi) is 4.86. The SMILES string of the molecule is O=C1C[C@@H](Cc2ccccc2)CN1Cc1cncn1C1CCCCC1. The van der Waals surface area contributed by atoms with Crippen molar-refractivity contribution < 1.29 is 4.79 Å². The van der Waals surface area contributed by atoms with Gasteiger partial charge in [0.2, 0.25) is 5.91 Å². The highest BCUT2D eigenvalue weighted by molar-refractivity contribution is 5.78. The molecule has 1 aliphatic carbocycles. The fourth-order valence-electron chi connectivity index (χ4n) is 4.43. The highest BCUT2D eigenvalue weighted by Crippen LogP contribution is 2.30. The molecule has 4 rings (SSSR count). The van der Waals surface area contributed by atoms with E-state index in [0.29, 0.717) is 24.9 Å². The van der Waals surface area contributed by atoms with Crippen LogP contribution in [0.1, 0.15) is 55.8 Å². The van der Waals surface area contributed by atoms with Crippen molar-refractivity contribution in [2.24, 2.45) is 5.92 Å². The molecule has 2 aromatic rings. The number of carbonyl (C=O) groups is 1. The van der Waals surface area contributed by atoms with Crippen LogP contribution in [0.15, 0.2) is 42.9 Å². The zero-order chi connectivity index (χ0) is 17.1. The zero-order valence-electron chi connectivity index (χ0n) is 14.8. The monoisotopic (exact) mass is 337 g/mol. The molecular formula is C21H27N3O. The minimum Gasteiger partial charge on any atom is -0.337 e. The Bertz CT molecular complexity index is 703. The van der Waals surface area contributed by atoms with Crippen LogP contribution in [0.5, 0.6) is 0 Å². The largest absolute Gasteiger partial charge is 0.337 e. The van der Waals surface area contributed by atoms with Crippen LogP contribution in [-0.2, 0) is 17.8 Å². The van der Waals surface area contributed by atoms with E-state index in [1.807, 2.05) is 23.5 Å². The summed E-state index contributed by atoms with van der Waals surface area (Å²) in [5.74, 6) is 0.721. The maximum atomic E-state index is 12.5. The summed E-state index contributed by atoms with van der Waals surface area (Å²) in [6, 6.07) is 11.1. The van der Waals surface area contributed by atoms with Crippen LogP contribution in [0.2, 0.25) is 0 Å². The summed E-state index contributed by atoms with van der Waals surface area (Å²) >= 11 is 0. The number of hydrogen-bond acceptors (Lipinski definition) is 2. The third-order valence-corrected chi connectivity index (χ3v) is 5.73. The van der Waals surface area contributed by atoms with Crippen molar-refractivity contribution in [3.63, 3.8) is 0 Å². The number of aromatic nitrogens is 2. The normalized spacial score (nSPS) is 21.8. The van der Waals surface area contributed by atoms with E-state index < -0.39 is 0 Å². The average molecular weight is 337 g/mol. The van der Waals surface area contributed by atoms with Gasteiger partial charge in [-0.3, -0.25) is 4.79 Å². The van der Waals surface area contributed by atoms with E-state index in [1.165, 1.54) is 43.4 Å². The summed E-state index contributed by atoms with van der Waals surface area (Å²) in [5, 5.41) is 0. The smallest absolute Gasteiger partial charge is 0.223 e. The minimum atomic E-state index is 0.289. The van der Waals surface area contributed by atoms with E-state index in [9.17, 15) is 4.79 Å². The van der Waals surface area contributed by atoms with Gasteiger partial charge < -0.3 is 9.47 Å². The molecule has 1 saturated carbocycles. The van der Waals surface area contributed by atoms with Gasteiger partial charge in [0.05, 0.1) is 18.6 Å². The number of nitrogens with zero attached hydrogens (tertiary/aromatic N) is 3. The van der Waals surface area contributed by atoms with Crippen molar-refractivity contribution in [1.82, 2.24) is 14.5 Å². The van der Waals surface area contributed by atoms with Crippen LogP contribution in [0.4, 0.5) is 0 Å². The molecule has 4 heteroatoms. The molecule has 1 aliphatic heterocycles. The fraction of sp³-hybridized carbons (Fsp3) is 0.524. The Morgan fingerprint density at radius 2 is 1.88 bits per heavy atom. The van der Waals surface area contributed by atoms with Gasteiger partial charge in [0.15, 0.2) is 0 Å². The second-order valence-corrected chi connectivity index (χ2v) is 7.62. The number of benzene rings is 1. The molecule has 0 radical (unpaired) electrons. The molecule has 1 amide bonds. The highest BCUT2D eigenvalue weighted by atomic mass is 16.2. The van der Waals surface area contributed by atoms with Crippen molar-refractivity contribution >= 4 is 5.91 Å². The molecule has 1 aromatic carbocycles. The van der Waals surface area contributed by atoms with E-state index in [0.717, 1.165) is 13.0 Å². The van der Waals surface area contributed by atoms with Crippen molar-refractivity contribution in [3.8, 4) is 0 Å². The molecule has 25 heavy (non-hydrogen) atoms. The van der Waals surface area contributed by atoms with Gasteiger partial charge in [0.1, 0.15) is 0 Å². The first-order valence-corrected chi connectivity index (χ1v) is 9.62. The first-order valence-electron chi connectivity index (χ1n) is 9.62. The lowest BCUT2D eigenvalue weighted by molar-refractivity contribution is -0.128. The van der Waals surface area contributed by atoms with Gasteiger partial charge >= 0.3 is 0 Å². The van der Waals surface area contributed by atoms with E-state index in [1.54, 1.807) is 0 Å². The lowest BCUT2D eigenvalue weighted by Gasteiger charge is -2.26. The molecule has 2 aliphatic rings. The fourth-order valence-corrected chi connectivity index (χ4v) is 4.43. The standard InChI is InChI=1S/C21H27N3O/c25-21-12-18(11-17-7-3-1-4-8-17)14-23(21)15-20-13-22-16-24(20)19-9-5-2-6-10-19/h1,3-4,7-8,13,16,18-19H,2,5-6,9-12,14-15H2/t18-/m1/s1. The quantitative estimate of drug-likeness (QED) is 0.828. The Labute approximate surface area is 149 Å². The summed E-state index contributed by atoms with van der Waals surface area (Å²) in [7, 11) is 0. The van der Waals surface area contributed by atoms with Crippen LogP contribution in [-0.4, -0.2) is 26.9 Å². The van der Waals surface area contributed by atoms with Crippen LogP contribution in [0, 0.1) is 5.92 Å². The molecule has 2 fully saturated rings. The van der Waals surface area contributed by atoms with Gasteiger partial charge in [-0.05, 0) is 30.7 Å². The molecule has 1 atom stereocenters. The van der Waals surface area contributed by atoms with E-state index in [-0.39, 0.29) is 5.91 Å². The Hall–Kier alpha value is -2.10. The number of likely N-dealkylation sites (tertiary alicyclic amines) is 1. The maximum Gasteiger partial charge on any atom is 0.223 e. The van der Waals surface area contributed by atoms with Crippen molar-refractivity contribution in [2.45, 2.75) is 57.5 Å². The summed E-state index contributed by atoms with van der Waals surface area (Å²) in [4.78, 5) is 18.9. The predicted octanol–water partition coefficient (Wildman–Crippen LogP) is 3.98. The first kappa shape index (κ1) is 16.4. The van der Waals surface area contributed by atoms with E-state index >= 15 is 0 Å². The average Bonchev–Trinajstić information content (AvgIpc) is 3.24. The number of amides is 1. The molecular weight excluding hydrogens is 310 g/mol. The number of rotatable bonds is 5. The second kappa shape index (κ2) is 7.42. The maximum absolute atomic E-state index is 12.5. The zero-order valence-corrected chi connectivity index (χ0v) is 14.8. The summed E-state index contributed by atoms with van der Waals surface area (Å²) in [5.41, 5.74) is 2.52. The second-order valence-electron chi connectivity index (χ2n) is 7.62. The Morgan fingerprint density at radius 3 is 2.68 bits per heavy atom. The molecule has 132 valence electrons. The van der Waals surface area contributed by atoms with Crippen molar-refractivity contribution in [3.05, 3.63) is 54.1 Å². The highest BCUT2D eigenvalue weighted by Gasteiger charge is 2.30. The lowest BCUT2D eigenvalue weighted by Crippen LogP contribution is -2.27. The first-order chi connectivity index (χ1) is 12.3. The molecule has 2 heterocycles. The topological polar surface area (TPSA) is 38.1 Å². The number of hydrogen-bond donors (Lipinski definition) is 0. The van der Waals surface area contributed by atoms with Crippen LogP contribution < -0.4 is 0 Å². The third kappa shape index (κ3) is 3.78. The molecule has 1 saturated heterocycles. The molecule has 0 unspecified atom stereocenters.